The van der Waals surface area contributed by atoms with Gasteiger partial charge in [0.15, 0.2) is 11.6 Å². The van der Waals surface area contributed by atoms with Crippen LogP contribution in [0.1, 0.15) is 54.4 Å². The van der Waals surface area contributed by atoms with Crippen LogP contribution in [0.5, 0.6) is 5.75 Å². The number of hydrogen-bond acceptors (Lipinski definition) is 3. The molecule has 0 aliphatic heterocycles. The number of ether oxygens (including phenoxy) is 1. The fourth-order valence-electron chi connectivity index (χ4n) is 4.22. The molecule has 2 aromatic carbocycles. The first-order valence-corrected chi connectivity index (χ1v) is 9.77. The number of nitrogens with zero attached hydrogens (tertiary/aromatic N) is 1. The van der Waals surface area contributed by atoms with E-state index in [0.29, 0.717) is 28.6 Å². The van der Waals surface area contributed by atoms with Crippen LogP contribution in [0.3, 0.4) is 0 Å². The van der Waals surface area contributed by atoms with Gasteiger partial charge in [0.25, 0.3) is 0 Å². The first kappa shape index (κ1) is 19.3. The zero-order valence-corrected chi connectivity index (χ0v) is 16.0. The number of carbonyl (C=O) groups is 1. The highest BCUT2D eigenvalue weighted by Gasteiger charge is 2.24. The van der Waals surface area contributed by atoms with Crippen molar-refractivity contribution in [2.75, 3.05) is 6.61 Å². The van der Waals surface area contributed by atoms with Gasteiger partial charge in [-0.15, -0.1) is 0 Å². The lowest BCUT2D eigenvalue weighted by atomic mass is 9.89. The van der Waals surface area contributed by atoms with Crippen LogP contribution < -0.4 is 4.74 Å². The predicted molar refractivity (Wildman–Crippen MR) is 106 cm³/mol. The van der Waals surface area contributed by atoms with Crippen LogP contribution in [0.4, 0.5) is 8.78 Å². The molecule has 29 heavy (non-hydrogen) atoms. The van der Waals surface area contributed by atoms with Crippen LogP contribution in [0.25, 0.3) is 22.0 Å². The van der Waals surface area contributed by atoms with E-state index in [1.807, 2.05) is 0 Å². The van der Waals surface area contributed by atoms with Crippen molar-refractivity contribution in [1.29, 1.82) is 0 Å². The molecule has 6 heteroatoms. The minimum Gasteiger partial charge on any atom is -0.491 e. The van der Waals surface area contributed by atoms with Gasteiger partial charge in [0.2, 0.25) is 0 Å². The molecule has 0 saturated heterocycles. The topological polar surface area (TPSA) is 59.4 Å². The molecule has 0 spiro atoms. The third kappa shape index (κ3) is 3.55. The minimum atomic E-state index is -0.995. The highest BCUT2D eigenvalue weighted by atomic mass is 19.1. The van der Waals surface area contributed by atoms with Crippen LogP contribution >= 0.6 is 0 Å². The average molecular weight is 397 g/mol. The fraction of sp³-hybridized carbons (Fsp3) is 0.304. The Morgan fingerprint density at radius 2 is 1.93 bits per heavy atom. The second kappa shape index (κ2) is 7.78. The Balaban J connectivity index is 1.92. The zero-order valence-electron chi connectivity index (χ0n) is 16.0. The second-order valence-corrected chi connectivity index (χ2v) is 7.30. The summed E-state index contributed by atoms with van der Waals surface area (Å²) in [5.41, 5.74) is 2.10. The maximum Gasteiger partial charge on any atom is 0.335 e. The van der Waals surface area contributed by atoms with Crippen molar-refractivity contribution in [3.63, 3.8) is 0 Å². The highest BCUT2D eigenvalue weighted by molar-refractivity contribution is 5.97. The van der Waals surface area contributed by atoms with Gasteiger partial charge >= 0.3 is 5.97 Å². The van der Waals surface area contributed by atoms with Gasteiger partial charge in [-0.25, -0.2) is 13.6 Å². The van der Waals surface area contributed by atoms with E-state index in [1.165, 1.54) is 18.2 Å². The first-order chi connectivity index (χ1) is 14.0. The fourth-order valence-corrected chi connectivity index (χ4v) is 4.22. The Kier molecular flexibility index (Phi) is 5.18. The van der Waals surface area contributed by atoms with Gasteiger partial charge in [-0.2, -0.15) is 0 Å². The van der Waals surface area contributed by atoms with E-state index >= 15 is 0 Å². The number of carboxylic acids is 1. The zero-order chi connectivity index (χ0) is 20.5. The smallest absolute Gasteiger partial charge is 0.335 e. The highest BCUT2D eigenvalue weighted by Crippen LogP contribution is 2.40. The van der Waals surface area contributed by atoms with E-state index in [9.17, 15) is 18.7 Å². The Morgan fingerprint density at radius 1 is 1.17 bits per heavy atom. The van der Waals surface area contributed by atoms with Crippen molar-refractivity contribution in [1.82, 2.24) is 4.98 Å². The minimum absolute atomic E-state index is 0.0675. The molecule has 1 N–H and O–H groups in total. The van der Waals surface area contributed by atoms with Crippen molar-refractivity contribution in [2.45, 2.75) is 38.5 Å². The molecule has 0 radical (unpaired) electrons. The third-order valence-electron chi connectivity index (χ3n) is 5.54. The van der Waals surface area contributed by atoms with Crippen molar-refractivity contribution >= 4 is 16.9 Å². The third-order valence-corrected chi connectivity index (χ3v) is 5.54. The standard InChI is InChI=1S/C23H21F2NO3/c1-2-29-21-11-20-17(10-18(21)24)22(19(25)12-26-20)14-7-8-15(23(27)28)16(9-14)13-5-3-4-6-13/h7-13H,2-6H2,1H3,(H,27,28). The number of halogens is 2. The van der Waals surface area contributed by atoms with E-state index in [1.54, 1.807) is 19.1 Å². The number of hydrogen-bond donors (Lipinski definition) is 1. The number of aromatic carboxylic acids is 1. The molecule has 1 saturated carbocycles. The predicted octanol–water partition coefficient (Wildman–Crippen LogP) is 5.93. The molecule has 1 aliphatic carbocycles. The van der Waals surface area contributed by atoms with Crippen molar-refractivity contribution < 1.29 is 23.4 Å². The number of rotatable bonds is 5. The Labute approximate surface area is 167 Å². The van der Waals surface area contributed by atoms with E-state index in [2.05, 4.69) is 4.98 Å². The summed E-state index contributed by atoms with van der Waals surface area (Å²) >= 11 is 0. The van der Waals surface area contributed by atoms with Crippen molar-refractivity contribution in [3.8, 4) is 16.9 Å². The van der Waals surface area contributed by atoms with Crippen LogP contribution in [0.15, 0.2) is 36.5 Å². The Bertz CT molecular complexity index is 1090. The SMILES string of the molecule is CCOc1cc2ncc(F)c(-c3ccc(C(=O)O)c(C4CCCC4)c3)c2cc1F. The summed E-state index contributed by atoms with van der Waals surface area (Å²) in [5.74, 6) is -1.96. The molecular formula is C23H21F2NO3. The normalized spacial score (nSPS) is 14.4. The molecule has 1 fully saturated rings. The summed E-state index contributed by atoms with van der Waals surface area (Å²) in [6.07, 6.45) is 5.02. The summed E-state index contributed by atoms with van der Waals surface area (Å²) in [6, 6.07) is 7.52. The molecule has 0 bridgehead atoms. The monoisotopic (exact) mass is 397 g/mol. The molecule has 3 aromatic rings. The summed E-state index contributed by atoms with van der Waals surface area (Å²) in [4.78, 5) is 15.8. The Hall–Kier alpha value is -3.02. The molecular weight excluding hydrogens is 376 g/mol. The first-order valence-electron chi connectivity index (χ1n) is 9.77. The van der Waals surface area contributed by atoms with E-state index in [4.69, 9.17) is 4.74 Å². The molecule has 0 amide bonds. The molecule has 150 valence electrons. The van der Waals surface area contributed by atoms with Crippen LogP contribution in [0.2, 0.25) is 0 Å². The van der Waals surface area contributed by atoms with Crippen LogP contribution in [-0.4, -0.2) is 22.7 Å². The summed E-state index contributed by atoms with van der Waals surface area (Å²) < 4.78 is 34.6. The lowest BCUT2D eigenvalue weighted by Gasteiger charge is -2.16. The Morgan fingerprint density at radius 3 is 2.62 bits per heavy atom. The maximum atomic E-state index is 14.8. The van der Waals surface area contributed by atoms with Crippen LogP contribution in [-0.2, 0) is 0 Å². The van der Waals surface area contributed by atoms with E-state index < -0.39 is 17.6 Å². The van der Waals surface area contributed by atoms with Gasteiger partial charge in [-0.05, 0) is 55.0 Å². The summed E-state index contributed by atoms with van der Waals surface area (Å²) in [5, 5.41) is 9.91. The van der Waals surface area contributed by atoms with Gasteiger partial charge in [0, 0.05) is 17.0 Å². The number of fused-ring (bicyclic) bond motifs is 1. The van der Waals surface area contributed by atoms with Gasteiger partial charge in [-0.1, -0.05) is 18.9 Å². The molecule has 1 aromatic heterocycles. The van der Waals surface area contributed by atoms with Gasteiger partial charge in [-0.3, -0.25) is 4.98 Å². The number of pyridine rings is 1. The average Bonchev–Trinajstić information content (AvgIpc) is 3.23. The maximum absolute atomic E-state index is 14.8. The molecule has 4 nitrogen and oxygen atoms in total. The molecule has 1 heterocycles. The van der Waals surface area contributed by atoms with Crippen LogP contribution in [0, 0.1) is 11.6 Å². The lowest BCUT2D eigenvalue weighted by molar-refractivity contribution is 0.0695. The van der Waals surface area contributed by atoms with Crippen molar-refractivity contribution in [2.24, 2.45) is 0 Å². The molecule has 0 atom stereocenters. The number of aromatic nitrogens is 1. The molecule has 4 rings (SSSR count). The quantitative estimate of drug-likeness (QED) is 0.579. The summed E-state index contributed by atoms with van der Waals surface area (Å²) in [7, 11) is 0. The largest absolute Gasteiger partial charge is 0.491 e. The van der Waals surface area contributed by atoms with Gasteiger partial charge < -0.3 is 9.84 Å². The lowest BCUT2D eigenvalue weighted by Crippen LogP contribution is -2.06. The van der Waals surface area contributed by atoms with Gasteiger partial charge in [0.05, 0.1) is 23.9 Å². The second-order valence-electron chi connectivity index (χ2n) is 7.30. The number of carboxylic acid groups (broad SMARTS) is 1. The van der Waals surface area contributed by atoms with Gasteiger partial charge in [0.1, 0.15) is 5.82 Å². The van der Waals surface area contributed by atoms with E-state index in [0.717, 1.165) is 31.9 Å². The number of benzene rings is 2. The van der Waals surface area contributed by atoms with E-state index in [-0.39, 0.29) is 22.8 Å². The molecule has 1 aliphatic rings. The summed E-state index contributed by atoms with van der Waals surface area (Å²) in [6.45, 7) is 2.06. The van der Waals surface area contributed by atoms with Crippen molar-refractivity contribution in [3.05, 3.63) is 59.3 Å². The molecule has 0 unspecified atom stereocenters.